The minimum absolute atomic E-state index is 0.0433. The molecule has 1 heterocycles. The molecule has 0 aliphatic rings. The van der Waals surface area contributed by atoms with Crippen molar-refractivity contribution in [2.24, 2.45) is 12.9 Å². The zero-order valence-corrected chi connectivity index (χ0v) is 13.3. The Morgan fingerprint density at radius 2 is 2.05 bits per heavy atom. The van der Waals surface area contributed by atoms with Gasteiger partial charge in [0.25, 0.3) is 0 Å². The summed E-state index contributed by atoms with van der Waals surface area (Å²) in [4.78, 5) is 0. The lowest BCUT2D eigenvalue weighted by Gasteiger charge is -2.17. The van der Waals surface area contributed by atoms with Crippen molar-refractivity contribution in [3.63, 3.8) is 0 Å². The van der Waals surface area contributed by atoms with Crippen molar-refractivity contribution in [3.05, 3.63) is 50.8 Å². The lowest BCUT2D eigenvalue weighted by molar-refractivity contribution is 0.530. The molecule has 0 saturated heterocycles. The van der Waals surface area contributed by atoms with Crippen molar-refractivity contribution >= 4 is 23.2 Å². The van der Waals surface area contributed by atoms with E-state index in [-0.39, 0.29) is 6.04 Å². The number of aryl methyl sites for hydroxylation is 3. The van der Waals surface area contributed by atoms with E-state index in [4.69, 9.17) is 29.0 Å². The molecule has 1 aromatic heterocycles. The van der Waals surface area contributed by atoms with Gasteiger partial charge in [0.05, 0.1) is 22.5 Å². The van der Waals surface area contributed by atoms with Crippen LogP contribution < -0.4 is 11.3 Å². The molecule has 4 nitrogen and oxygen atoms in total. The maximum atomic E-state index is 6.29. The highest BCUT2D eigenvalue weighted by molar-refractivity contribution is 6.32. The first kappa shape index (κ1) is 15.3. The van der Waals surface area contributed by atoms with Gasteiger partial charge in [-0.15, -0.1) is 0 Å². The van der Waals surface area contributed by atoms with Crippen LogP contribution in [0.1, 0.15) is 28.6 Å². The smallest absolute Gasteiger partial charge is 0.0847 e. The van der Waals surface area contributed by atoms with Crippen LogP contribution in [0, 0.1) is 13.8 Å². The van der Waals surface area contributed by atoms with Crippen LogP contribution in [0.3, 0.4) is 0 Å². The van der Waals surface area contributed by atoms with E-state index in [2.05, 4.69) is 10.5 Å². The highest BCUT2D eigenvalue weighted by atomic mass is 35.5. The standard InChI is InChI=1S/C14H18Cl2N4/c1-8-6-10(4-5-11(8)15)12(18-17)7-13-14(16)9(2)19-20(13)3/h4-6,12,18H,7,17H2,1-3H3. The van der Waals surface area contributed by atoms with E-state index in [0.717, 1.165) is 27.5 Å². The number of hydrazine groups is 1. The number of rotatable bonds is 4. The van der Waals surface area contributed by atoms with Crippen molar-refractivity contribution in [2.75, 3.05) is 0 Å². The Morgan fingerprint density at radius 3 is 2.55 bits per heavy atom. The van der Waals surface area contributed by atoms with Crippen LogP contribution in [-0.4, -0.2) is 9.78 Å². The number of hydrogen-bond donors (Lipinski definition) is 2. The van der Waals surface area contributed by atoms with Crippen LogP contribution in [-0.2, 0) is 13.5 Å². The van der Waals surface area contributed by atoms with Gasteiger partial charge in [0, 0.05) is 18.5 Å². The summed E-state index contributed by atoms with van der Waals surface area (Å²) in [7, 11) is 1.88. The number of nitrogens with two attached hydrogens (primary N) is 1. The van der Waals surface area contributed by atoms with Gasteiger partial charge in [0.2, 0.25) is 0 Å². The second-order valence-corrected chi connectivity index (χ2v) is 5.69. The number of halogens is 2. The minimum Gasteiger partial charge on any atom is -0.271 e. The lowest BCUT2D eigenvalue weighted by Crippen LogP contribution is -2.30. The zero-order valence-electron chi connectivity index (χ0n) is 11.7. The molecule has 1 atom stereocenters. The molecule has 6 heteroatoms. The summed E-state index contributed by atoms with van der Waals surface area (Å²) in [6.07, 6.45) is 0.660. The van der Waals surface area contributed by atoms with Crippen molar-refractivity contribution in [1.82, 2.24) is 15.2 Å². The van der Waals surface area contributed by atoms with Crippen LogP contribution in [0.5, 0.6) is 0 Å². The number of aromatic nitrogens is 2. The van der Waals surface area contributed by atoms with E-state index in [0.29, 0.717) is 11.4 Å². The summed E-state index contributed by atoms with van der Waals surface area (Å²) >= 11 is 12.3. The van der Waals surface area contributed by atoms with Crippen molar-refractivity contribution in [1.29, 1.82) is 0 Å². The van der Waals surface area contributed by atoms with Crippen LogP contribution in [0.25, 0.3) is 0 Å². The highest BCUT2D eigenvalue weighted by Crippen LogP contribution is 2.27. The Labute approximate surface area is 128 Å². The Morgan fingerprint density at radius 1 is 1.35 bits per heavy atom. The summed E-state index contributed by atoms with van der Waals surface area (Å²) in [5, 5.41) is 5.76. The third kappa shape index (κ3) is 2.99. The molecule has 0 aliphatic carbocycles. The Bertz CT molecular complexity index is 622. The fraction of sp³-hybridized carbons (Fsp3) is 0.357. The summed E-state index contributed by atoms with van der Waals surface area (Å²) < 4.78 is 1.80. The van der Waals surface area contributed by atoms with Crippen LogP contribution in [0.2, 0.25) is 10.0 Å². The molecule has 0 amide bonds. The molecule has 0 fully saturated rings. The van der Waals surface area contributed by atoms with E-state index in [9.17, 15) is 0 Å². The number of nitrogens with one attached hydrogen (secondary N) is 1. The van der Waals surface area contributed by atoms with Gasteiger partial charge in [0.15, 0.2) is 0 Å². The molecule has 0 saturated carbocycles. The van der Waals surface area contributed by atoms with Crippen molar-refractivity contribution in [2.45, 2.75) is 26.3 Å². The van der Waals surface area contributed by atoms with Gasteiger partial charge in [-0.05, 0) is 31.0 Å². The van der Waals surface area contributed by atoms with Gasteiger partial charge >= 0.3 is 0 Å². The predicted octanol–water partition coefficient (Wildman–Crippen LogP) is 3.09. The second kappa shape index (κ2) is 6.14. The van der Waals surface area contributed by atoms with Crippen LogP contribution >= 0.6 is 23.2 Å². The van der Waals surface area contributed by atoms with E-state index >= 15 is 0 Å². The van der Waals surface area contributed by atoms with Gasteiger partial charge in [-0.2, -0.15) is 5.10 Å². The first-order valence-electron chi connectivity index (χ1n) is 6.34. The monoisotopic (exact) mass is 312 g/mol. The summed E-state index contributed by atoms with van der Waals surface area (Å²) in [5.41, 5.74) is 6.72. The average molecular weight is 313 g/mol. The molecule has 0 aliphatic heterocycles. The van der Waals surface area contributed by atoms with Crippen LogP contribution in [0.15, 0.2) is 18.2 Å². The Balaban J connectivity index is 2.31. The first-order valence-corrected chi connectivity index (χ1v) is 7.09. The minimum atomic E-state index is -0.0433. The Kier molecular flexibility index (Phi) is 4.70. The fourth-order valence-corrected chi connectivity index (χ4v) is 2.61. The average Bonchev–Trinajstić information content (AvgIpc) is 2.65. The molecule has 108 valence electrons. The van der Waals surface area contributed by atoms with Gasteiger partial charge in [-0.25, -0.2) is 0 Å². The molecule has 3 N–H and O–H groups in total. The van der Waals surface area contributed by atoms with Crippen molar-refractivity contribution in [3.8, 4) is 0 Å². The third-order valence-electron chi connectivity index (χ3n) is 3.44. The quantitative estimate of drug-likeness (QED) is 0.674. The molecule has 1 unspecified atom stereocenters. The maximum absolute atomic E-state index is 6.29. The number of hydrogen-bond acceptors (Lipinski definition) is 3. The van der Waals surface area contributed by atoms with E-state index in [1.165, 1.54) is 0 Å². The maximum Gasteiger partial charge on any atom is 0.0847 e. The van der Waals surface area contributed by atoms with Crippen molar-refractivity contribution < 1.29 is 0 Å². The van der Waals surface area contributed by atoms with Gasteiger partial charge < -0.3 is 0 Å². The van der Waals surface area contributed by atoms with Gasteiger partial charge in [0.1, 0.15) is 0 Å². The number of benzene rings is 1. The SMILES string of the molecule is Cc1cc(C(Cc2c(Cl)c(C)nn2C)NN)ccc1Cl. The number of nitrogens with zero attached hydrogens (tertiary/aromatic N) is 2. The zero-order chi connectivity index (χ0) is 14.9. The third-order valence-corrected chi connectivity index (χ3v) is 4.36. The van der Waals surface area contributed by atoms with Crippen LogP contribution in [0.4, 0.5) is 0 Å². The molecule has 2 rings (SSSR count). The summed E-state index contributed by atoms with van der Waals surface area (Å²) in [5.74, 6) is 5.69. The molecular weight excluding hydrogens is 295 g/mol. The summed E-state index contributed by atoms with van der Waals surface area (Å²) in [6.45, 7) is 3.86. The fourth-order valence-electron chi connectivity index (χ4n) is 2.25. The van der Waals surface area contributed by atoms with E-state index in [1.54, 1.807) is 4.68 Å². The topological polar surface area (TPSA) is 55.9 Å². The molecule has 0 radical (unpaired) electrons. The van der Waals surface area contributed by atoms with Gasteiger partial charge in [-0.3, -0.25) is 16.0 Å². The van der Waals surface area contributed by atoms with E-state index < -0.39 is 0 Å². The molecule has 2 aromatic rings. The van der Waals surface area contributed by atoms with Gasteiger partial charge in [-0.1, -0.05) is 35.3 Å². The largest absolute Gasteiger partial charge is 0.271 e. The summed E-state index contributed by atoms with van der Waals surface area (Å²) in [6, 6.07) is 5.84. The lowest BCUT2D eigenvalue weighted by atomic mass is 10.0. The second-order valence-electron chi connectivity index (χ2n) is 4.90. The molecule has 0 spiro atoms. The first-order chi connectivity index (χ1) is 9.43. The molecule has 1 aromatic carbocycles. The highest BCUT2D eigenvalue weighted by Gasteiger charge is 2.18. The molecule has 0 bridgehead atoms. The molecular formula is C14H18Cl2N4. The van der Waals surface area contributed by atoms with E-state index in [1.807, 2.05) is 39.1 Å². The predicted molar refractivity (Wildman–Crippen MR) is 82.9 cm³/mol. The normalized spacial score (nSPS) is 12.7. The molecule has 20 heavy (non-hydrogen) atoms. The Hall–Kier alpha value is -1.07.